The highest BCUT2D eigenvalue weighted by molar-refractivity contribution is 9.10. The van der Waals surface area contributed by atoms with Gasteiger partial charge in [0.15, 0.2) is 11.5 Å². The van der Waals surface area contributed by atoms with Crippen LogP contribution in [0, 0.1) is 0 Å². The van der Waals surface area contributed by atoms with E-state index in [2.05, 4.69) is 21.2 Å². The fraction of sp³-hybridized carbons (Fsp3) is 0.500. The van der Waals surface area contributed by atoms with E-state index in [9.17, 15) is 13.2 Å². The second kappa shape index (κ2) is 7.99. The highest BCUT2D eigenvalue weighted by atomic mass is 79.9. The van der Waals surface area contributed by atoms with E-state index in [1.54, 1.807) is 6.07 Å². The average molecular weight is 374 g/mol. The molecule has 114 valence electrons. The van der Waals surface area contributed by atoms with Crippen molar-refractivity contribution in [3.05, 3.63) is 22.2 Å². The van der Waals surface area contributed by atoms with Crippen LogP contribution in [-0.2, 0) is 6.54 Å². The van der Waals surface area contributed by atoms with Crippen molar-refractivity contribution in [3.63, 3.8) is 0 Å². The van der Waals surface area contributed by atoms with Crippen LogP contribution >= 0.6 is 27.7 Å². The van der Waals surface area contributed by atoms with E-state index in [1.807, 2.05) is 13.1 Å². The van der Waals surface area contributed by atoms with Crippen LogP contribution in [0.3, 0.4) is 0 Å². The van der Waals surface area contributed by atoms with Gasteiger partial charge in [-0.25, -0.2) is 0 Å². The fourth-order valence-corrected chi connectivity index (χ4v) is 2.52. The van der Waals surface area contributed by atoms with Crippen molar-refractivity contribution in [1.29, 1.82) is 0 Å². The SMILES string of the molecule is CNCc1cc(Br)c(OCCSC(F)(F)F)c(OC)c1. The lowest BCUT2D eigenvalue weighted by molar-refractivity contribution is -0.0329. The van der Waals surface area contributed by atoms with Crippen LogP contribution in [-0.4, -0.2) is 32.0 Å². The molecule has 0 saturated carbocycles. The first-order chi connectivity index (χ1) is 9.37. The van der Waals surface area contributed by atoms with Crippen LogP contribution in [0.5, 0.6) is 11.5 Å². The second-order valence-electron chi connectivity index (χ2n) is 3.78. The molecular formula is C12H15BrF3NO2S. The molecule has 1 aromatic carbocycles. The highest BCUT2D eigenvalue weighted by Gasteiger charge is 2.27. The number of hydrogen-bond donors (Lipinski definition) is 1. The summed E-state index contributed by atoms with van der Waals surface area (Å²) in [6, 6.07) is 3.62. The zero-order valence-electron chi connectivity index (χ0n) is 11.0. The second-order valence-corrected chi connectivity index (χ2v) is 5.80. The van der Waals surface area contributed by atoms with Gasteiger partial charge in [-0.15, -0.1) is 0 Å². The number of alkyl halides is 3. The van der Waals surface area contributed by atoms with Gasteiger partial charge in [0.2, 0.25) is 0 Å². The van der Waals surface area contributed by atoms with Crippen LogP contribution in [0.25, 0.3) is 0 Å². The van der Waals surface area contributed by atoms with Crippen LogP contribution in [0.15, 0.2) is 16.6 Å². The third-order valence-corrected chi connectivity index (χ3v) is 3.55. The molecule has 0 spiro atoms. The van der Waals surface area contributed by atoms with Gasteiger partial charge in [0.25, 0.3) is 0 Å². The molecule has 0 aromatic heterocycles. The van der Waals surface area contributed by atoms with Gasteiger partial charge >= 0.3 is 5.51 Å². The number of rotatable bonds is 7. The number of ether oxygens (including phenoxy) is 2. The molecule has 0 atom stereocenters. The molecule has 0 unspecified atom stereocenters. The number of hydrogen-bond acceptors (Lipinski definition) is 4. The molecule has 1 aromatic rings. The molecule has 0 radical (unpaired) electrons. The maximum atomic E-state index is 12.0. The van der Waals surface area contributed by atoms with E-state index in [0.717, 1.165) is 5.56 Å². The summed E-state index contributed by atoms with van der Waals surface area (Å²) in [6.45, 7) is 0.601. The van der Waals surface area contributed by atoms with Crippen molar-refractivity contribution in [1.82, 2.24) is 5.32 Å². The lowest BCUT2D eigenvalue weighted by Gasteiger charge is -2.14. The summed E-state index contributed by atoms with van der Waals surface area (Å²) in [5.41, 5.74) is -3.25. The van der Waals surface area contributed by atoms with Crippen LogP contribution in [0.2, 0.25) is 0 Å². The van der Waals surface area contributed by atoms with Crippen molar-refractivity contribution in [2.45, 2.75) is 12.1 Å². The van der Waals surface area contributed by atoms with Gasteiger partial charge in [-0.2, -0.15) is 13.2 Å². The van der Waals surface area contributed by atoms with Crippen LogP contribution in [0.4, 0.5) is 13.2 Å². The van der Waals surface area contributed by atoms with Crippen molar-refractivity contribution in [2.75, 3.05) is 26.5 Å². The molecule has 20 heavy (non-hydrogen) atoms. The summed E-state index contributed by atoms with van der Waals surface area (Å²) < 4.78 is 47.3. The van der Waals surface area contributed by atoms with Gasteiger partial charge in [-0.1, -0.05) is 0 Å². The molecule has 0 fully saturated rings. The van der Waals surface area contributed by atoms with Gasteiger partial charge in [-0.05, 0) is 52.4 Å². The molecule has 1 N–H and O–H groups in total. The summed E-state index contributed by atoms with van der Waals surface area (Å²) >= 11 is 3.23. The summed E-state index contributed by atoms with van der Waals surface area (Å²) in [4.78, 5) is 0. The molecular weight excluding hydrogens is 359 g/mol. The van der Waals surface area contributed by atoms with E-state index >= 15 is 0 Å². The van der Waals surface area contributed by atoms with Gasteiger partial charge in [0, 0.05) is 12.3 Å². The van der Waals surface area contributed by atoms with Crippen molar-refractivity contribution in [2.24, 2.45) is 0 Å². The predicted molar refractivity (Wildman–Crippen MR) is 77.5 cm³/mol. The fourth-order valence-electron chi connectivity index (χ4n) is 1.52. The van der Waals surface area contributed by atoms with E-state index in [4.69, 9.17) is 9.47 Å². The van der Waals surface area contributed by atoms with Crippen molar-refractivity contribution < 1.29 is 22.6 Å². The normalized spacial score (nSPS) is 11.5. The van der Waals surface area contributed by atoms with Gasteiger partial charge in [0.1, 0.15) is 0 Å². The Bertz CT molecular complexity index is 443. The molecule has 0 bridgehead atoms. The zero-order valence-corrected chi connectivity index (χ0v) is 13.4. The average Bonchev–Trinajstić information content (AvgIpc) is 2.35. The summed E-state index contributed by atoms with van der Waals surface area (Å²) in [6.07, 6.45) is 0. The first kappa shape index (κ1) is 17.5. The molecule has 0 saturated heterocycles. The summed E-state index contributed by atoms with van der Waals surface area (Å²) in [5, 5.41) is 3.01. The molecule has 0 aliphatic carbocycles. The maximum Gasteiger partial charge on any atom is 0.441 e. The quantitative estimate of drug-likeness (QED) is 0.736. The molecule has 0 aliphatic heterocycles. The van der Waals surface area contributed by atoms with E-state index in [0.29, 0.717) is 22.5 Å². The lowest BCUT2D eigenvalue weighted by atomic mass is 10.2. The summed E-state index contributed by atoms with van der Waals surface area (Å²) in [5.74, 6) is 0.730. The molecule has 0 heterocycles. The molecule has 3 nitrogen and oxygen atoms in total. The highest BCUT2D eigenvalue weighted by Crippen LogP contribution is 2.37. The van der Waals surface area contributed by atoms with E-state index in [1.165, 1.54) is 7.11 Å². The molecule has 1 rings (SSSR count). The smallest absolute Gasteiger partial charge is 0.441 e. The predicted octanol–water partition coefficient (Wildman–Crippen LogP) is 3.81. The standard InChI is InChI=1S/C12H15BrF3NO2S/c1-17-7-8-5-9(13)11(10(6-8)18-2)19-3-4-20-12(14,15)16/h5-6,17H,3-4,7H2,1-2H3. The van der Waals surface area contributed by atoms with Crippen molar-refractivity contribution in [3.8, 4) is 11.5 Å². The minimum absolute atomic E-state index is 0.0511. The van der Waals surface area contributed by atoms with Crippen LogP contribution in [0.1, 0.15) is 5.56 Å². The largest absolute Gasteiger partial charge is 0.493 e. The van der Waals surface area contributed by atoms with E-state index in [-0.39, 0.29) is 24.1 Å². The monoisotopic (exact) mass is 373 g/mol. The topological polar surface area (TPSA) is 30.5 Å². The Morgan fingerprint density at radius 2 is 2.05 bits per heavy atom. The zero-order chi connectivity index (χ0) is 15.2. The molecule has 8 heteroatoms. The van der Waals surface area contributed by atoms with Gasteiger partial charge < -0.3 is 14.8 Å². The number of thioether (sulfide) groups is 1. The minimum Gasteiger partial charge on any atom is -0.493 e. The lowest BCUT2D eigenvalue weighted by Crippen LogP contribution is -2.09. The van der Waals surface area contributed by atoms with E-state index < -0.39 is 5.51 Å². The van der Waals surface area contributed by atoms with Crippen molar-refractivity contribution >= 4 is 27.7 Å². The van der Waals surface area contributed by atoms with Gasteiger partial charge in [0.05, 0.1) is 18.2 Å². The maximum absolute atomic E-state index is 12.0. The molecule has 0 aliphatic rings. The number of halogens is 4. The first-order valence-corrected chi connectivity index (χ1v) is 7.49. The van der Waals surface area contributed by atoms with Gasteiger partial charge in [-0.3, -0.25) is 0 Å². The number of methoxy groups -OCH3 is 1. The van der Waals surface area contributed by atoms with Crippen LogP contribution < -0.4 is 14.8 Å². The first-order valence-electron chi connectivity index (χ1n) is 5.72. The Labute approximate surface area is 128 Å². The minimum atomic E-state index is -4.23. The Hall–Kier alpha value is -0.600. The summed E-state index contributed by atoms with van der Waals surface area (Å²) in [7, 11) is 3.31. The Morgan fingerprint density at radius 1 is 1.35 bits per heavy atom. The molecule has 0 amide bonds. The Balaban J connectivity index is 2.69. The number of nitrogens with one attached hydrogen (secondary N) is 1. The third kappa shape index (κ3) is 5.80. The Kier molecular flexibility index (Phi) is 6.97. The Morgan fingerprint density at radius 3 is 2.60 bits per heavy atom. The third-order valence-electron chi connectivity index (χ3n) is 2.27. The number of benzene rings is 1.